The summed E-state index contributed by atoms with van der Waals surface area (Å²) < 4.78 is 0. The molecule has 0 aliphatic rings. The molecule has 3 aromatic rings. The van der Waals surface area contributed by atoms with Crippen LogP contribution in [-0.2, 0) is 0 Å². The minimum Gasteiger partial charge on any atom is -0.324 e. The van der Waals surface area contributed by atoms with Gasteiger partial charge in [-0.3, -0.25) is 4.79 Å². The van der Waals surface area contributed by atoms with Gasteiger partial charge >= 0.3 is 0 Å². The Hall–Kier alpha value is -2.92. The van der Waals surface area contributed by atoms with Crippen molar-refractivity contribution in [2.45, 2.75) is 20.8 Å². The molecule has 2 aromatic carbocycles. The van der Waals surface area contributed by atoms with Crippen LogP contribution in [-0.4, -0.2) is 15.9 Å². The highest BCUT2D eigenvalue weighted by Gasteiger charge is 2.09. The molecule has 0 fully saturated rings. The lowest BCUT2D eigenvalue weighted by Gasteiger charge is -2.10. The van der Waals surface area contributed by atoms with Crippen molar-refractivity contribution in [1.82, 2.24) is 9.97 Å². The largest absolute Gasteiger partial charge is 0.324 e. The van der Waals surface area contributed by atoms with Crippen molar-refractivity contribution in [3.05, 3.63) is 76.1 Å². The van der Waals surface area contributed by atoms with Gasteiger partial charge in [-0.2, -0.15) is 0 Å². The lowest BCUT2D eigenvalue weighted by atomic mass is 10.1. The van der Waals surface area contributed by atoms with Gasteiger partial charge in [-0.15, -0.1) is 0 Å². The van der Waals surface area contributed by atoms with Crippen LogP contribution in [0.25, 0.3) is 0 Å². The number of benzene rings is 2. The van der Waals surface area contributed by atoms with Crippen LogP contribution in [0.15, 0.2) is 48.8 Å². The Bertz CT molecular complexity index is 955. The van der Waals surface area contributed by atoms with Crippen molar-refractivity contribution < 1.29 is 4.79 Å². The van der Waals surface area contributed by atoms with Gasteiger partial charge in [0.2, 0.25) is 5.95 Å². The van der Waals surface area contributed by atoms with Crippen LogP contribution in [0.5, 0.6) is 0 Å². The third kappa shape index (κ3) is 4.18. The molecule has 0 aliphatic heterocycles. The highest BCUT2D eigenvalue weighted by atomic mass is 35.5. The molecule has 5 nitrogen and oxygen atoms in total. The smallest absolute Gasteiger partial charge is 0.258 e. The van der Waals surface area contributed by atoms with E-state index in [4.69, 9.17) is 11.6 Å². The van der Waals surface area contributed by atoms with E-state index in [9.17, 15) is 4.79 Å². The lowest BCUT2D eigenvalue weighted by molar-refractivity contribution is 0.102. The summed E-state index contributed by atoms with van der Waals surface area (Å²) >= 11 is 6.08. The molecule has 3 rings (SSSR count). The van der Waals surface area contributed by atoms with E-state index >= 15 is 0 Å². The van der Waals surface area contributed by atoms with Crippen LogP contribution in [0, 0.1) is 20.8 Å². The van der Waals surface area contributed by atoms with E-state index in [1.807, 2.05) is 39.0 Å². The fraction of sp³-hybridized carbons (Fsp3) is 0.150. The predicted molar refractivity (Wildman–Crippen MR) is 105 cm³/mol. The molecule has 0 unspecified atom stereocenters. The van der Waals surface area contributed by atoms with Crippen molar-refractivity contribution in [2.75, 3.05) is 10.6 Å². The summed E-state index contributed by atoms with van der Waals surface area (Å²) in [4.78, 5) is 20.8. The second kappa shape index (κ2) is 7.54. The second-order valence-electron chi connectivity index (χ2n) is 6.16. The van der Waals surface area contributed by atoms with E-state index in [0.717, 1.165) is 16.8 Å². The van der Waals surface area contributed by atoms with Gasteiger partial charge in [0.15, 0.2) is 0 Å². The first-order valence-electron chi connectivity index (χ1n) is 8.16. The molecule has 0 saturated carbocycles. The Morgan fingerprint density at radius 2 is 1.69 bits per heavy atom. The number of hydrogen-bond acceptors (Lipinski definition) is 4. The van der Waals surface area contributed by atoms with Gasteiger partial charge in [0.05, 0.1) is 5.56 Å². The number of rotatable bonds is 4. The molecule has 0 bridgehead atoms. The van der Waals surface area contributed by atoms with Gasteiger partial charge in [-0.1, -0.05) is 35.4 Å². The molecule has 0 spiro atoms. The number of anilines is 3. The Morgan fingerprint density at radius 3 is 2.35 bits per heavy atom. The van der Waals surface area contributed by atoms with E-state index in [0.29, 0.717) is 22.2 Å². The molecule has 0 aliphatic carbocycles. The van der Waals surface area contributed by atoms with Gasteiger partial charge < -0.3 is 10.6 Å². The maximum absolute atomic E-state index is 12.3. The van der Waals surface area contributed by atoms with Gasteiger partial charge in [0, 0.05) is 28.8 Å². The van der Waals surface area contributed by atoms with Crippen molar-refractivity contribution in [3.8, 4) is 0 Å². The summed E-state index contributed by atoms with van der Waals surface area (Å²) in [6.45, 7) is 5.97. The SMILES string of the molecule is Cc1ccc(Nc2ncc(C(=O)Nc3ccc(C)c(Cl)c3)cn2)c(C)c1. The summed E-state index contributed by atoms with van der Waals surface area (Å²) in [5.74, 6) is 0.148. The van der Waals surface area contributed by atoms with Crippen LogP contribution < -0.4 is 10.6 Å². The van der Waals surface area contributed by atoms with Gasteiger partial charge in [0.1, 0.15) is 0 Å². The molecule has 1 amide bonds. The van der Waals surface area contributed by atoms with Crippen molar-refractivity contribution in [2.24, 2.45) is 0 Å². The molecule has 26 heavy (non-hydrogen) atoms. The molecular formula is C20H19ClN4O. The monoisotopic (exact) mass is 366 g/mol. The minimum absolute atomic E-state index is 0.289. The molecular weight excluding hydrogens is 348 g/mol. The number of nitrogens with one attached hydrogen (secondary N) is 2. The quantitative estimate of drug-likeness (QED) is 0.678. The first kappa shape index (κ1) is 17.9. The molecule has 1 aromatic heterocycles. The number of aromatic nitrogens is 2. The predicted octanol–water partition coefficient (Wildman–Crippen LogP) is 5.05. The summed E-state index contributed by atoms with van der Waals surface area (Å²) in [6.07, 6.45) is 2.98. The first-order valence-corrected chi connectivity index (χ1v) is 8.54. The molecule has 132 valence electrons. The first-order chi connectivity index (χ1) is 12.4. The van der Waals surface area contributed by atoms with Crippen molar-refractivity contribution in [1.29, 1.82) is 0 Å². The maximum atomic E-state index is 12.3. The Kier molecular flexibility index (Phi) is 5.19. The number of amides is 1. The lowest BCUT2D eigenvalue weighted by Crippen LogP contribution is -2.13. The van der Waals surface area contributed by atoms with E-state index in [-0.39, 0.29) is 5.91 Å². The number of hydrogen-bond donors (Lipinski definition) is 2. The van der Waals surface area contributed by atoms with Gasteiger partial charge in [0.25, 0.3) is 5.91 Å². The van der Waals surface area contributed by atoms with Crippen LogP contribution in [0.1, 0.15) is 27.0 Å². The number of aryl methyl sites for hydroxylation is 3. The van der Waals surface area contributed by atoms with Crippen LogP contribution in [0.2, 0.25) is 5.02 Å². The molecule has 1 heterocycles. The minimum atomic E-state index is -0.289. The number of halogens is 1. The summed E-state index contributed by atoms with van der Waals surface area (Å²) in [7, 11) is 0. The molecule has 0 saturated heterocycles. The molecule has 0 atom stereocenters. The highest BCUT2D eigenvalue weighted by Crippen LogP contribution is 2.21. The fourth-order valence-corrected chi connectivity index (χ4v) is 2.64. The zero-order chi connectivity index (χ0) is 18.7. The van der Waals surface area contributed by atoms with E-state index in [2.05, 4.69) is 26.7 Å². The number of nitrogens with zero attached hydrogens (tertiary/aromatic N) is 2. The standard InChI is InChI=1S/C20H19ClN4O/c1-12-4-7-18(14(3)8-12)25-20-22-10-15(11-23-20)19(26)24-16-6-5-13(2)17(21)9-16/h4-11H,1-3H3,(H,24,26)(H,22,23,25). The number of carbonyl (C=O) groups excluding carboxylic acids is 1. The third-order valence-corrected chi connectivity index (χ3v) is 4.38. The second-order valence-corrected chi connectivity index (χ2v) is 6.56. The zero-order valence-electron chi connectivity index (χ0n) is 14.8. The van der Waals surface area contributed by atoms with E-state index in [1.54, 1.807) is 12.1 Å². The molecule has 6 heteroatoms. The van der Waals surface area contributed by atoms with Crippen molar-refractivity contribution in [3.63, 3.8) is 0 Å². The number of carbonyl (C=O) groups is 1. The normalized spacial score (nSPS) is 10.5. The Balaban J connectivity index is 1.70. The fourth-order valence-electron chi connectivity index (χ4n) is 2.46. The van der Waals surface area contributed by atoms with Crippen LogP contribution >= 0.6 is 11.6 Å². The summed E-state index contributed by atoms with van der Waals surface area (Å²) in [5.41, 5.74) is 5.18. The summed E-state index contributed by atoms with van der Waals surface area (Å²) in [5, 5.41) is 6.55. The van der Waals surface area contributed by atoms with Crippen LogP contribution in [0.4, 0.5) is 17.3 Å². The third-order valence-electron chi connectivity index (χ3n) is 3.97. The Morgan fingerprint density at radius 1 is 0.962 bits per heavy atom. The average molecular weight is 367 g/mol. The van der Waals surface area contributed by atoms with Gasteiger partial charge in [-0.25, -0.2) is 9.97 Å². The Labute approximate surface area is 157 Å². The maximum Gasteiger partial charge on any atom is 0.258 e. The van der Waals surface area contributed by atoms with Gasteiger partial charge in [-0.05, 0) is 50.1 Å². The zero-order valence-corrected chi connectivity index (χ0v) is 15.6. The van der Waals surface area contributed by atoms with E-state index < -0.39 is 0 Å². The summed E-state index contributed by atoms with van der Waals surface area (Å²) in [6, 6.07) is 11.4. The van der Waals surface area contributed by atoms with E-state index in [1.165, 1.54) is 18.0 Å². The van der Waals surface area contributed by atoms with Crippen molar-refractivity contribution >= 4 is 34.8 Å². The highest BCUT2D eigenvalue weighted by molar-refractivity contribution is 6.31. The average Bonchev–Trinajstić information content (AvgIpc) is 2.61. The topological polar surface area (TPSA) is 66.9 Å². The van der Waals surface area contributed by atoms with Crippen LogP contribution in [0.3, 0.4) is 0 Å². The molecule has 2 N–H and O–H groups in total. The molecule has 0 radical (unpaired) electrons.